The summed E-state index contributed by atoms with van der Waals surface area (Å²) in [4.78, 5) is 16.9. The van der Waals surface area contributed by atoms with Crippen LogP contribution in [0.25, 0.3) is 0 Å². The number of amides is 1. The molecule has 1 N–H and O–H groups in total. The van der Waals surface area contributed by atoms with Gasteiger partial charge in [0.25, 0.3) is 0 Å². The van der Waals surface area contributed by atoms with Crippen LogP contribution in [0.3, 0.4) is 0 Å². The Kier molecular flexibility index (Phi) is 4.41. The van der Waals surface area contributed by atoms with Gasteiger partial charge >= 0.3 is 0 Å². The third kappa shape index (κ3) is 3.04. The minimum Gasteiger partial charge on any atom is -0.378 e. The molecule has 1 aromatic carbocycles. The molecule has 1 atom stereocenters. The zero-order valence-corrected chi connectivity index (χ0v) is 12.5. The number of fused-ring (bicyclic) bond motifs is 1. The Balaban J connectivity index is 1.74. The number of hydrogen-bond donors (Lipinski definition) is 1. The van der Waals surface area contributed by atoms with Crippen molar-refractivity contribution in [3.63, 3.8) is 0 Å². The van der Waals surface area contributed by atoms with Crippen molar-refractivity contribution in [1.82, 2.24) is 5.32 Å². The van der Waals surface area contributed by atoms with Crippen molar-refractivity contribution in [1.29, 1.82) is 0 Å². The van der Waals surface area contributed by atoms with Gasteiger partial charge in [0.05, 0.1) is 24.6 Å². The number of nitrogens with one attached hydrogen (secondary N) is 1. The third-order valence-electron chi connectivity index (χ3n) is 4.21. The van der Waals surface area contributed by atoms with Gasteiger partial charge in [-0.25, -0.2) is 0 Å². The van der Waals surface area contributed by atoms with Gasteiger partial charge in [0, 0.05) is 38.6 Å². The first-order chi connectivity index (χ1) is 10.3. The summed E-state index contributed by atoms with van der Waals surface area (Å²) >= 11 is 0. The van der Waals surface area contributed by atoms with E-state index in [2.05, 4.69) is 23.2 Å². The van der Waals surface area contributed by atoms with Gasteiger partial charge in [0.2, 0.25) is 5.91 Å². The van der Waals surface area contributed by atoms with E-state index < -0.39 is 0 Å². The molecule has 0 radical (unpaired) electrons. The van der Waals surface area contributed by atoms with Crippen molar-refractivity contribution < 1.29 is 9.53 Å². The van der Waals surface area contributed by atoms with Gasteiger partial charge in [0.1, 0.15) is 0 Å². The molecule has 1 amide bonds. The van der Waals surface area contributed by atoms with Crippen molar-refractivity contribution in [2.45, 2.75) is 19.4 Å². The van der Waals surface area contributed by atoms with Gasteiger partial charge in [-0.15, -0.1) is 0 Å². The SMILES string of the molecule is CCN1CCN(C(=O)CC2COCCN2)c2ccccc21. The molecule has 114 valence electrons. The van der Waals surface area contributed by atoms with Gasteiger partial charge in [-0.3, -0.25) is 4.79 Å². The number of morpholine rings is 1. The van der Waals surface area contributed by atoms with Gasteiger partial charge < -0.3 is 19.9 Å². The lowest BCUT2D eigenvalue weighted by Crippen LogP contribution is -2.48. The average Bonchev–Trinajstić information content (AvgIpc) is 2.54. The number of rotatable bonds is 3. The van der Waals surface area contributed by atoms with E-state index in [1.165, 1.54) is 0 Å². The molecule has 1 saturated heterocycles. The lowest BCUT2D eigenvalue weighted by atomic mass is 10.1. The van der Waals surface area contributed by atoms with Gasteiger partial charge in [-0.2, -0.15) is 0 Å². The van der Waals surface area contributed by atoms with Gasteiger partial charge in [-0.05, 0) is 19.1 Å². The molecule has 5 nitrogen and oxygen atoms in total. The minimum absolute atomic E-state index is 0.141. The smallest absolute Gasteiger partial charge is 0.228 e. The van der Waals surface area contributed by atoms with Crippen LogP contribution in [0.5, 0.6) is 0 Å². The van der Waals surface area contributed by atoms with E-state index in [0.29, 0.717) is 13.0 Å². The lowest BCUT2D eigenvalue weighted by Gasteiger charge is -2.38. The third-order valence-corrected chi connectivity index (χ3v) is 4.21. The summed E-state index contributed by atoms with van der Waals surface area (Å²) < 4.78 is 5.43. The lowest BCUT2D eigenvalue weighted by molar-refractivity contribution is -0.119. The van der Waals surface area contributed by atoms with Crippen molar-refractivity contribution in [2.24, 2.45) is 0 Å². The molecule has 2 aliphatic heterocycles. The maximum absolute atomic E-state index is 12.6. The summed E-state index contributed by atoms with van der Waals surface area (Å²) in [5, 5.41) is 3.35. The number of hydrogen-bond acceptors (Lipinski definition) is 4. The molecule has 21 heavy (non-hydrogen) atoms. The molecule has 0 spiro atoms. The highest BCUT2D eigenvalue weighted by atomic mass is 16.5. The summed E-state index contributed by atoms with van der Waals surface area (Å²) in [7, 11) is 0. The highest BCUT2D eigenvalue weighted by molar-refractivity contribution is 5.98. The summed E-state index contributed by atoms with van der Waals surface area (Å²) in [6, 6.07) is 8.31. The summed E-state index contributed by atoms with van der Waals surface area (Å²) in [5.41, 5.74) is 2.19. The second-order valence-corrected chi connectivity index (χ2v) is 5.54. The number of anilines is 2. The quantitative estimate of drug-likeness (QED) is 0.909. The van der Waals surface area contributed by atoms with Gasteiger partial charge in [0.15, 0.2) is 0 Å². The van der Waals surface area contributed by atoms with Crippen LogP contribution >= 0.6 is 0 Å². The second-order valence-electron chi connectivity index (χ2n) is 5.54. The zero-order valence-electron chi connectivity index (χ0n) is 12.5. The summed E-state index contributed by atoms with van der Waals surface area (Å²) in [6.45, 7) is 6.98. The Labute approximate surface area is 125 Å². The normalized spacial score (nSPS) is 22.0. The molecule has 2 heterocycles. The molecule has 5 heteroatoms. The second kappa shape index (κ2) is 6.45. The molecule has 0 bridgehead atoms. The molecule has 3 rings (SSSR count). The topological polar surface area (TPSA) is 44.8 Å². The first kappa shape index (κ1) is 14.4. The van der Waals surface area contributed by atoms with E-state index in [4.69, 9.17) is 4.74 Å². The fourth-order valence-electron chi connectivity index (χ4n) is 3.08. The molecular weight excluding hydrogens is 266 g/mol. The number of carbonyl (C=O) groups excluding carboxylic acids is 1. The Morgan fingerprint density at radius 1 is 1.33 bits per heavy atom. The zero-order chi connectivity index (χ0) is 14.7. The van der Waals surface area contributed by atoms with Crippen LogP contribution in [-0.2, 0) is 9.53 Å². The molecule has 1 unspecified atom stereocenters. The summed E-state index contributed by atoms with van der Waals surface area (Å²) in [6.07, 6.45) is 0.500. The molecule has 2 aliphatic rings. The average molecular weight is 289 g/mol. The van der Waals surface area contributed by atoms with E-state index in [0.717, 1.165) is 44.2 Å². The number of para-hydroxylation sites is 2. The van der Waals surface area contributed by atoms with Crippen LogP contribution in [0.15, 0.2) is 24.3 Å². The van der Waals surface area contributed by atoms with Crippen molar-refractivity contribution in [3.8, 4) is 0 Å². The molecule has 0 saturated carbocycles. The van der Waals surface area contributed by atoms with Crippen molar-refractivity contribution in [2.75, 3.05) is 49.2 Å². The largest absolute Gasteiger partial charge is 0.378 e. The number of ether oxygens (including phenoxy) is 1. The van der Waals surface area contributed by atoms with Crippen LogP contribution in [0.4, 0.5) is 11.4 Å². The predicted molar refractivity (Wildman–Crippen MR) is 83.9 cm³/mol. The molecule has 0 aromatic heterocycles. The Morgan fingerprint density at radius 2 is 2.14 bits per heavy atom. The van der Waals surface area contributed by atoms with Crippen LogP contribution in [0.1, 0.15) is 13.3 Å². The van der Waals surface area contributed by atoms with E-state index >= 15 is 0 Å². The Bertz CT molecular complexity index is 500. The van der Waals surface area contributed by atoms with Crippen LogP contribution in [-0.4, -0.2) is 51.3 Å². The number of likely N-dealkylation sites (N-methyl/N-ethyl adjacent to an activating group) is 1. The van der Waals surface area contributed by atoms with Crippen LogP contribution < -0.4 is 15.1 Å². The van der Waals surface area contributed by atoms with Crippen LogP contribution in [0.2, 0.25) is 0 Å². The highest BCUT2D eigenvalue weighted by Crippen LogP contribution is 2.33. The van der Waals surface area contributed by atoms with Crippen molar-refractivity contribution in [3.05, 3.63) is 24.3 Å². The first-order valence-corrected chi connectivity index (χ1v) is 7.75. The van der Waals surface area contributed by atoms with Gasteiger partial charge in [-0.1, -0.05) is 12.1 Å². The first-order valence-electron chi connectivity index (χ1n) is 7.75. The Morgan fingerprint density at radius 3 is 2.86 bits per heavy atom. The van der Waals surface area contributed by atoms with E-state index in [-0.39, 0.29) is 11.9 Å². The fourth-order valence-corrected chi connectivity index (χ4v) is 3.08. The molecule has 1 fully saturated rings. The maximum Gasteiger partial charge on any atom is 0.228 e. The number of nitrogens with zero attached hydrogens (tertiary/aromatic N) is 2. The fraction of sp³-hybridized carbons (Fsp3) is 0.562. The van der Waals surface area contributed by atoms with Crippen LogP contribution in [0, 0.1) is 0 Å². The number of benzene rings is 1. The maximum atomic E-state index is 12.6. The predicted octanol–water partition coefficient (Wildman–Crippen LogP) is 1.24. The summed E-state index contributed by atoms with van der Waals surface area (Å²) in [5.74, 6) is 0.182. The minimum atomic E-state index is 0.141. The molecule has 1 aromatic rings. The van der Waals surface area contributed by atoms with Crippen molar-refractivity contribution >= 4 is 17.3 Å². The molecule has 0 aliphatic carbocycles. The Hall–Kier alpha value is -1.59. The van der Waals surface area contributed by atoms with E-state index in [1.54, 1.807) is 0 Å². The van der Waals surface area contributed by atoms with E-state index in [9.17, 15) is 4.79 Å². The monoisotopic (exact) mass is 289 g/mol. The number of carbonyl (C=O) groups is 1. The van der Waals surface area contributed by atoms with E-state index in [1.807, 2.05) is 23.1 Å². The standard InChI is InChI=1S/C16H23N3O2/c1-2-18-8-9-19(15-6-4-3-5-14(15)18)16(20)11-13-12-21-10-7-17-13/h3-6,13,17H,2,7-12H2,1H3. The highest BCUT2D eigenvalue weighted by Gasteiger charge is 2.27. The molecular formula is C16H23N3O2.